The standard InChI is InChI=1S/C20H15N5S3/c1-14-17(12-21)18(24(22-14)15-8-4-2-5-9-15)13-27-19-23-25(20(26)28-19)16-10-6-3-7-11-16/h2-11H,13H2,1H3. The summed E-state index contributed by atoms with van der Waals surface area (Å²) in [5, 5.41) is 18.8. The molecule has 138 valence electrons. The van der Waals surface area contributed by atoms with E-state index in [0.29, 0.717) is 15.3 Å². The maximum absolute atomic E-state index is 9.61. The van der Waals surface area contributed by atoms with Crippen molar-refractivity contribution in [1.29, 1.82) is 5.26 Å². The highest BCUT2D eigenvalue weighted by molar-refractivity contribution is 8.00. The summed E-state index contributed by atoms with van der Waals surface area (Å²) in [6.45, 7) is 1.86. The van der Waals surface area contributed by atoms with Gasteiger partial charge in [-0.15, -0.1) is 5.10 Å². The van der Waals surface area contributed by atoms with Crippen LogP contribution in [0.5, 0.6) is 0 Å². The van der Waals surface area contributed by atoms with Gasteiger partial charge in [-0.1, -0.05) is 59.5 Å². The van der Waals surface area contributed by atoms with Crippen LogP contribution < -0.4 is 0 Å². The molecule has 0 aliphatic carbocycles. The second-order valence-corrected chi connectivity index (χ2v) is 8.78. The molecule has 0 aliphatic rings. The Morgan fingerprint density at radius 3 is 2.21 bits per heavy atom. The van der Waals surface area contributed by atoms with Crippen molar-refractivity contribution in [3.8, 4) is 17.4 Å². The van der Waals surface area contributed by atoms with Crippen molar-refractivity contribution in [2.24, 2.45) is 0 Å². The van der Waals surface area contributed by atoms with Crippen LogP contribution in [0.1, 0.15) is 17.0 Å². The van der Waals surface area contributed by atoms with E-state index in [1.807, 2.05) is 72.3 Å². The zero-order valence-corrected chi connectivity index (χ0v) is 17.4. The number of hydrogen-bond donors (Lipinski definition) is 0. The number of aryl methyl sites for hydroxylation is 1. The number of nitriles is 1. The van der Waals surface area contributed by atoms with Gasteiger partial charge in [-0.25, -0.2) is 9.36 Å². The van der Waals surface area contributed by atoms with Gasteiger partial charge in [0.05, 0.1) is 28.3 Å². The predicted octanol–water partition coefficient (Wildman–Crippen LogP) is 5.32. The Kier molecular flexibility index (Phi) is 5.39. The number of benzene rings is 2. The molecule has 0 bridgehead atoms. The number of aromatic nitrogens is 4. The molecule has 0 saturated carbocycles. The second-order valence-electron chi connectivity index (χ2n) is 5.94. The highest BCUT2D eigenvalue weighted by atomic mass is 32.2. The van der Waals surface area contributed by atoms with Gasteiger partial charge in [-0.3, -0.25) is 0 Å². The molecule has 2 heterocycles. The van der Waals surface area contributed by atoms with Gasteiger partial charge in [0.2, 0.25) is 0 Å². The largest absolute Gasteiger partial charge is 0.235 e. The fourth-order valence-electron chi connectivity index (χ4n) is 2.82. The lowest BCUT2D eigenvalue weighted by molar-refractivity contribution is 0.821. The normalized spacial score (nSPS) is 10.7. The number of para-hydroxylation sites is 2. The molecule has 0 amide bonds. The number of rotatable bonds is 5. The average Bonchev–Trinajstić information content (AvgIpc) is 3.26. The molecule has 0 spiro atoms. The van der Waals surface area contributed by atoms with Gasteiger partial charge >= 0.3 is 0 Å². The number of nitrogens with zero attached hydrogens (tertiary/aromatic N) is 5. The van der Waals surface area contributed by atoms with Crippen LogP contribution in [-0.4, -0.2) is 19.6 Å². The van der Waals surface area contributed by atoms with Crippen molar-refractivity contribution in [2.75, 3.05) is 0 Å². The summed E-state index contributed by atoms with van der Waals surface area (Å²) in [6, 6.07) is 22.0. The molecular weight excluding hydrogens is 406 g/mol. The lowest BCUT2D eigenvalue weighted by atomic mass is 10.2. The van der Waals surface area contributed by atoms with Crippen LogP contribution in [0.15, 0.2) is 65.0 Å². The second kappa shape index (κ2) is 8.10. The molecule has 0 N–H and O–H groups in total. The Morgan fingerprint density at radius 1 is 1.00 bits per heavy atom. The topological polar surface area (TPSA) is 59.4 Å². The molecule has 0 aliphatic heterocycles. The van der Waals surface area contributed by atoms with E-state index < -0.39 is 0 Å². The van der Waals surface area contributed by atoms with Crippen LogP contribution in [0.3, 0.4) is 0 Å². The number of hydrogen-bond acceptors (Lipinski definition) is 6. The molecule has 4 rings (SSSR count). The van der Waals surface area contributed by atoms with Gasteiger partial charge in [0.25, 0.3) is 0 Å². The number of thioether (sulfide) groups is 1. The quantitative estimate of drug-likeness (QED) is 0.322. The molecular formula is C20H15N5S3. The van der Waals surface area contributed by atoms with E-state index >= 15 is 0 Å². The molecule has 4 aromatic rings. The third-order valence-electron chi connectivity index (χ3n) is 4.13. The Bertz CT molecular complexity index is 1200. The van der Waals surface area contributed by atoms with Crippen LogP contribution >= 0.6 is 35.3 Å². The molecule has 2 aromatic heterocycles. The molecule has 0 unspecified atom stereocenters. The van der Waals surface area contributed by atoms with Gasteiger partial charge in [0.1, 0.15) is 6.07 Å². The Hall–Kier alpha value is -2.73. The maximum atomic E-state index is 9.61. The van der Waals surface area contributed by atoms with Crippen molar-refractivity contribution in [3.63, 3.8) is 0 Å². The molecule has 8 heteroatoms. The van der Waals surface area contributed by atoms with Crippen LogP contribution in [0.4, 0.5) is 0 Å². The average molecular weight is 422 g/mol. The van der Waals surface area contributed by atoms with Gasteiger partial charge in [-0.2, -0.15) is 10.4 Å². The third kappa shape index (κ3) is 3.64. The van der Waals surface area contributed by atoms with Crippen LogP contribution in [0, 0.1) is 22.2 Å². The molecule has 0 atom stereocenters. The summed E-state index contributed by atoms with van der Waals surface area (Å²) in [7, 11) is 0. The van der Waals surface area contributed by atoms with E-state index in [0.717, 1.165) is 27.1 Å². The first-order valence-electron chi connectivity index (χ1n) is 8.50. The van der Waals surface area contributed by atoms with Gasteiger partial charge in [0.15, 0.2) is 8.29 Å². The molecule has 0 saturated heterocycles. The van der Waals surface area contributed by atoms with Crippen LogP contribution in [0.2, 0.25) is 0 Å². The summed E-state index contributed by atoms with van der Waals surface area (Å²) in [6.07, 6.45) is 0. The van der Waals surface area contributed by atoms with E-state index in [1.54, 1.807) is 16.4 Å². The fourth-order valence-corrected chi connectivity index (χ4v) is 5.18. The summed E-state index contributed by atoms with van der Waals surface area (Å²) >= 11 is 8.51. The lowest BCUT2D eigenvalue weighted by Gasteiger charge is -2.06. The van der Waals surface area contributed by atoms with E-state index in [2.05, 4.69) is 16.3 Å². The summed E-state index contributed by atoms with van der Waals surface area (Å²) in [5.41, 5.74) is 4.08. The van der Waals surface area contributed by atoms with E-state index in [-0.39, 0.29) is 0 Å². The van der Waals surface area contributed by atoms with Gasteiger partial charge < -0.3 is 0 Å². The summed E-state index contributed by atoms with van der Waals surface area (Å²) in [5.74, 6) is 0.579. The van der Waals surface area contributed by atoms with Crippen molar-refractivity contribution in [1.82, 2.24) is 19.6 Å². The van der Waals surface area contributed by atoms with E-state index in [4.69, 9.17) is 12.2 Å². The minimum Gasteiger partial charge on any atom is -0.235 e. The molecule has 0 radical (unpaired) electrons. The lowest BCUT2D eigenvalue weighted by Crippen LogP contribution is -2.02. The Labute approximate surface area is 175 Å². The van der Waals surface area contributed by atoms with Crippen LogP contribution in [-0.2, 0) is 5.75 Å². The monoisotopic (exact) mass is 421 g/mol. The van der Waals surface area contributed by atoms with Crippen LogP contribution in [0.25, 0.3) is 11.4 Å². The fraction of sp³-hybridized carbons (Fsp3) is 0.100. The first-order chi connectivity index (χ1) is 13.7. The molecule has 5 nitrogen and oxygen atoms in total. The van der Waals surface area contributed by atoms with Crippen molar-refractivity contribution < 1.29 is 0 Å². The minimum atomic E-state index is 0.579. The predicted molar refractivity (Wildman–Crippen MR) is 115 cm³/mol. The highest BCUT2D eigenvalue weighted by Gasteiger charge is 2.17. The Morgan fingerprint density at radius 2 is 1.61 bits per heavy atom. The zero-order chi connectivity index (χ0) is 19.5. The SMILES string of the molecule is Cc1nn(-c2ccccc2)c(CSc2nn(-c3ccccc3)c(=S)s2)c1C#N. The Balaban J connectivity index is 1.65. The zero-order valence-electron chi connectivity index (χ0n) is 14.9. The maximum Gasteiger partial charge on any atom is 0.184 e. The first kappa shape index (κ1) is 18.6. The highest BCUT2D eigenvalue weighted by Crippen LogP contribution is 2.30. The summed E-state index contributed by atoms with van der Waals surface area (Å²) in [4.78, 5) is 0. The van der Waals surface area contributed by atoms with Crippen molar-refractivity contribution >= 4 is 35.3 Å². The summed E-state index contributed by atoms with van der Waals surface area (Å²) < 4.78 is 5.17. The third-order valence-corrected chi connectivity index (χ3v) is 6.51. The van der Waals surface area contributed by atoms with Crippen molar-refractivity contribution in [3.05, 3.63) is 81.6 Å². The van der Waals surface area contributed by atoms with E-state index in [1.165, 1.54) is 11.3 Å². The van der Waals surface area contributed by atoms with Gasteiger partial charge in [0, 0.05) is 5.75 Å². The van der Waals surface area contributed by atoms with Gasteiger partial charge in [-0.05, 0) is 43.4 Å². The molecule has 2 aromatic carbocycles. The molecule has 0 fully saturated rings. The van der Waals surface area contributed by atoms with E-state index in [9.17, 15) is 5.26 Å². The smallest absolute Gasteiger partial charge is 0.184 e. The van der Waals surface area contributed by atoms with Crippen molar-refractivity contribution in [2.45, 2.75) is 17.0 Å². The minimum absolute atomic E-state index is 0.579. The first-order valence-corrected chi connectivity index (χ1v) is 10.7. The molecule has 28 heavy (non-hydrogen) atoms.